The van der Waals surface area contributed by atoms with Gasteiger partial charge in [0.05, 0.1) is 5.92 Å². The van der Waals surface area contributed by atoms with Gasteiger partial charge in [0.25, 0.3) is 0 Å². The van der Waals surface area contributed by atoms with Gasteiger partial charge in [0.2, 0.25) is 0 Å². The smallest absolute Gasteiger partial charge is 0.306 e. The molecule has 2 nitrogen and oxygen atoms in total. The summed E-state index contributed by atoms with van der Waals surface area (Å²) in [7, 11) is 0. The van der Waals surface area contributed by atoms with E-state index in [1.807, 2.05) is 0 Å². The molecule has 1 N–H and O–H groups in total. The molecule has 2 fully saturated rings. The molecule has 2 aliphatic rings. The van der Waals surface area contributed by atoms with E-state index in [2.05, 4.69) is 6.92 Å². The van der Waals surface area contributed by atoms with Gasteiger partial charge in [-0.15, -0.1) is 0 Å². The zero-order valence-electron chi connectivity index (χ0n) is 11.0. The fraction of sp³-hybridized carbons (Fsp3) is 0.933. The van der Waals surface area contributed by atoms with Crippen LogP contribution in [0.5, 0.6) is 0 Å². The monoisotopic (exact) mass is 238 g/mol. The van der Waals surface area contributed by atoms with Crippen LogP contribution in [0.2, 0.25) is 0 Å². The van der Waals surface area contributed by atoms with Gasteiger partial charge >= 0.3 is 5.97 Å². The van der Waals surface area contributed by atoms with Crippen LogP contribution in [0.25, 0.3) is 0 Å². The summed E-state index contributed by atoms with van der Waals surface area (Å²) >= 11 is 0. The number of carboxylic acids is 1. The first-order valence-corrected chi connectivity index (χ1v) is 7.43. The van der Waals surface area contributed by atoms with Crippen LogP contribution in [0, 0.1) is 23.7 Å². The number of hydrogen-bond acceptors (Lipinski definition) is 1. The van der Waals surface area contributed by atoms with Crippen LogP contribution in [0.15, 0.2) is 0 Å². The van der Waals surface area contributed by atoms with Crippen LogP contribution in [0.1, 0.15) is 64.7 Å². The van der Waals surface area contributed by atoms with Crippen molar-refractivity contribution in [2.45, 2.75) is 64.7 Å². The minimum Gasteiger partial charge on any atom is -0.481 e. The summed E-state index contributed by atoms with van der Waals surface area (Å²) in [6.07, 6.45) is 11.2. The first-order valence-electron chi connectivity index (χ1n) is 7.43. The zero-order chi connectivity index (χ0) is 12.3. The van der Waals surface area contributed by atoms with Crippen molar-refractivity contribution in [3.63, 3.8) is 0 Å². The maximum Gasteiger partial charge on any atom is 0.306 e. The van der Waals surface area contributed by atoms with Gasteiger partial charge in [-0.3, -0.25) is 4.79 Å². The number of rotatable bonds is 3. The van der Waals surface area contributed by atoms with Crippen molar-refractivity contribution in [3.05, 3.63) is 0 Å². The Balaban J connectivity index is 1.76. The number of carboxylic acid groups (broad SMARTS) is 1. The molecule has 2 heteroatoms. The summed E-state index contributed by atoms with van der Waals surface area (Å²) in [4.78, 5) is 10.9. The highest BCUT2D eigenvalue weighted by Crippen LogP contribution is 2.41. The fourth-order valence-corrected chi connectivity index (χ4v) is 3.91. The highest BCUT2D eigenvalue weighted by molar-refractivity contribution is 5.69. The van der Waals surface area contributed by atoms with Crippen LogP contribution in [-0.4, -0.2) is 11.1 Å². The second-order valence-corrected chi connectivity index (χ2v) is 6.14. The van der Waals surface area contributed by atoms with Gasteiger partial charge in [-0.25, -0.2) is 0 Å². The molecular formula is C15H26O2. The van der Waals surface area contributed by atoms with Gasteiger partial charge in [0, 0.05) is 0 Å². The van der Waals surface area contributed by atoms with Crippen molar-refractivity contribution in [1.29, 1.82) is 0 Å². The van der Waals surface area contributed by atoms with Gasteiger partial charge in [0.1, 0.15) is 0 Å². The predicted octanol–water partition coefficient (Wildman–Crippen LogP) is 4.09. The molecule has 0 aromatic carbocycles. The SMILES string of the molecule is CC[C@H]1CC[C@H](C2CCC(C(=O)O)CC2)CC1. The Kier molecular flexibility index (Phi) is 4.47. The lowest BCUT2D eigenvalue weighted by molar-refractivity contribution is -0.143. The largest absolute Gasteiger partial charge is 0.481 e. The average molecular weight is 238 g/mol. The van der Waals surface area contributed by atoms with E-state index >= 15 is 0 Å². The molecule has 2 saturated carbocycles. The summed E-state index contributed by atoms with van der Waals surface area (Å²) in [6.45, 7) is 2.31. The lowest BCUT2D eigenvalue weighted by Crippen LogP contribution is -2.28. The van der Waals surface area contributed by atoms with Crippen molar-refractivity contribution in [2.24, 2.45) is 23.7 Å². The van der Waals surface area contributed by atoms with Crippen LogP contribution in [0.4, 0.5) is 0 Å². The third kappa shape index (κ3) is 3.23. The average Bonchev–Trinajstić information content (AvgIpc) is 2.39. The molecule has 2 aliphatic carbocycles. The molecule has 0 radical (unpaired) electrons. The Hall–Kier alpha value is -0.530. The molecule has 0 heterocycles. The molecule has 0 aromatic heterocycles. The molecule has 0 aromatic rings. The first kappa shape index (κ1) is 12.9. The van der Waals surface area contributed by atoms with E-state index in [0.717, 1.165) is 30.6 Å². The minimum atomic E-state index is -0.571. The third-order valence-electron chi connectivity index (χ3n) is 5.26. The van der Waals surface area contributed by atoms with Crippen molar-refractivity contribution in [3.8, 4) is 0 Å². The molecule has 0 atom stereocenters. The van der Waals surface area contributed by atoms with E-state index in [0.29, 0.717) is 0 Å². The Morgan fingerprint density at radius 2 is 1.41 bits per heavy atom. The van der Waals surface area contributed by atoms with Crippen molar-refractivity contribution < 1.29 is 9.90 Å². The quantitative estimate of drug-likeness (QED) is 0.804. The first-order chi connectivity index (χ1) is 8.20. The van der Waals surface area contributed by atoms with Crippen molar-refractivity contribution in [2.75, 3.05) is 0 Å². The van der Waals surface area contributed by atoms with E-state index in [-0.39, 0.29) is 5.92 Å². The van der Waals surface area contributed by atoms with Gasteiger partial charge in [-0.05, 0) is 56.3 Å². The number of carbonyl (C=O) groups is 1. The molecule has 0 aliphatic heterocycles. The summed E-state index contributed by atoms with van der Waals surface area (Å²) < 4.78 is 0. The topological polar surface area (TPSA) is 37.3 Å². The van der Waals surface area contributed by atoms with Crippen molar-refractivity contribution in [1.82, 2.24) is 0 Å². The summed E-state index contributed by atoms with van der Waals surface area (Å²) in [5.41, 5.74) is 0. The van der Waals surface area contributed by atoms with E-state index in [1.54, 1.807) is 0 Å². The molecule has 0 spiro atoms. The maximum atomic E-state index is 10.9. The van der Waals surface area contributed by atoms with E-state index in [1.165, 1.54) is 44.9 Å². The molecule has 17 heavy (non-hydrogen) atoms. The Morgan fingerprint density at radius 3 is 1.82 bits per heavy atom. The summed E-state index contributed by atoms with van der Waals surface area (Å²) in [5.74, 6) is 2.11. The molecule has 0 saturated heterocycles. The van der Waals surface area contributed by atoms with Crippen molar-refractivity contribution >= 4 is 5.97 Å². The number of hydrogen-bond donors (Lipinski definition) is 1. The van der Waals surface area contributed by atoms with Crippen LogP contribution >= 0.6 is 0 Å². The third-order valence-corrected chi connectivity index (χ3v) is 5.26. The van der Waals surface area contributed by atoms with E-state index in [9.17, 15) is 4.79 Å². The molecule has 0 amide bonds. The molecule has 98 valence electrons. The lowest BCUT2D eigenvalue weighted by atomic mass is 9.69. The van der Waals surface area contributed by atoms with Gasteiger partial charge in [-0.1, -0.05) is 26.2 Å². The van der Waals surface area contributed by atoms with Gasteiger partial charge < -0.3 is 5.11 Å². The standard InChI is InChI=1S/C15H26O2/c1-2-11-3-5-12(6-4-11)13-7-9-14(10-8-13)15(16)17/h11-14H,2-10H2,1H3,(H,16,17)/t11-,12-,13?,14?. The molecular weight excluding hydrogens is 212 g/mol. The van der Waals surface area contributed by atoms with Crippen LogP contribution in [0.3, 0.4) is 0 Å². The highest BCUT2D eigenvalue weighted by Gasteiger charge is 2.32. The minimum absolute atomic E-state index is 0.0433. The second-order valence-electron chi connectivity index (χ2n) is 6.14. The second kappa shape index (κ2) is 5.88. The van der Waals surface area contributed by atoms with Crippen LogP contribution < -0.4 is 0 Å². The van der Waals surface area contributed by atoms with E-state index in [4.69, 9.17) is 5.11 Å². The predicted molar refractivity (Wildman–Crippen MR) is 68.8 cm³/mol. The summed E-state index contributed by atoms with van der Waals surface area (Å²) in [5, 5.41) is 9.00. The molecule has 2 rings (SSSR count). The fourth-order valence-electron chi connectivity index (χ4n) is 3.91. The Morgan fingerprint density at radius 1 is 0.941 bits per heavy atom. The molecule has 0 unspecified atom stereocenters. The molecule has 0 bridgehead atoms. The van der Waals surface area contributed by atoms with Gasteiger partial charge in [-0.2, -0.15) is 0 Å². The maximum absolute atomic E-state index is 10.9. The normalized spacial score (nSPS) is 38.9. The Bertz CT molecular complexity index is 246. The van der Waals surface area contributed by atoms with E-state index < -0.39 is 5.97 Å². The van der Waals surface area contributed by atoms with Crippen LogP contribution in [-0.2, 0) is 4.79 Å². The zero-order valence-corrected chi connectivity index (χ0v) is 11.0. The van der Waals surface area contributed by atoms with Gasteiger partial charge in [0.15, 0.2) is 0 Å². The summed E-state index contributed by atoms with van der Waals surface area (Å²) in [6, 6.07) is 0. The highest BCUT2D eigenvalue weighted by atomic mass is 16.4. The number of aliphatic carboxylic acids is 1. The lowest BCUT2D eigenvalue weighted by Gasteiger charge is -2.36. The Labute approximate surface area is 105 Å².